The normalized spacial score (nSPS) is 14.3. The van der Waals surface area contributed by atoms with Gasteiger partial charge >= 0.3 is 0 Å². The van der Waals surface area contributed by atoms with Crippen LogP contribution in [-0.4, -0.2) is 18.7 Å². The fourth-order valence-corrected chi connectivity index (χ4v) is 1.77. The summed E-state index contributed by atoms with van der Waals surface area (Å²) >= 11 is 0. The van der Waals surface area contributed by atoms with E-state index in [1.165, 1.54) is 0 Å². The number of hydrogen-bond acceptors (Lipinski definition) is 4. The van der Waals surface area contributed by atoms with Crippen molar-refractivity contribution in [1.29, 1.82) is 0 Å². The molecule has 0 saturated carbocycles. The van der Waals surface area contributed by atoms with Gasteiger partial charge in [-0.1, -0.05) is 12.1 Å². The smallest absolute Gasteiger partial charge is 0.231 e. The second-order valence-electron chi connectivity index (χ2n) is 4.44. The number of carbonyl (C=O) groups is 1. The number of fused-ring (bicyclic) bond motifs is 1. The van der Waals surface area contributed by atoms with Gasteiger partial charge in [0.25, 0.3) is 0 Å². The highest BCUT2D eigenvalue weighted by atomic mass is 16.7. The van der Waals surface area contributed by atoms with Gasteiger partial charge < -0.3 is 20.5 Å². The van der Waals surface area contributed by atoms with E-state index in [0.717, 1.165) is 17.1 Å². The van der Waals surface area contributed by atoms with Crippen molar-refractivity contribution in [3.63, 3.8) is 0 Å². The predicted octanol–water partition coefficient (Wildman–Crippen LogP) is 1.16. The van der Waals surface area contributed by atoms with E-state index in [2.05, 4.69) is 5.32 Å². The number of para-hydroxylation sites is 1. The van der Waals surface area contributed by atoms with E-state index < -0.39 is 0 Å². The van der Waals surface area contributed by atoms with Gasteiger partial charge in [0.15, 0.2) is 11.5 Å². The molecule has 0 saturated heterocycles. The largest absolute Gasteiger partial charge is 0.454 e. The van der Waals surface area contributed by atoms with Gasteiger partial charge in [-0.3, -0.25) is 4.79 Å². The summed E-state index contributed by atoms with van der Waals surface area (Å²) in [7, 11) is 0. The number of nitrogens with two attached hydrogens (primary N) is 1. The van der Waals surface area contributed by atoms with Crippen LogP contribution < -0.4 is 20.5 Å². The number of ether oxygens (including phenoxy) is 2. The van der Waals surface area contributed by atoms with Crippen molar-refractivity contribution in [2.24, 2.45) is 5.73 Å². The zero-order valence-electron chi connectivity index (χ0n) is 10.4. The number of rotatable bonds is 5. The van der Waals surface area contributed by atoms with Crippen molar-refractivity contribution >= 4 is 5.91 Å². The molecule has 0 radical (unpaired) electrons. The zero-order valence-corrected chi connectivity index (χ0v) is 10.4. The van der Waals surface area contributed by atoms with Crippen LogP contribution in [0.5, 0.6) is 11.5 Å². The molecule has 1 unspecified atom stereocenters. The molecule has 1 aromatic rings. The highest BCUT2D eigenvalue weighted by molar-refractivity contribution is 5.76. The van der Waals surface area contributed by atoms with Crippen LogP contribution in [-0.2, 0) is 11.3 Å². The van der Waals surface area contributed by atoms with E-state index in [1.54, 1.807) is 0 Å². The van der Waals surface area contributed by atoms with E-state index in [9.17, 15) is 4.79 Å². The molecule has 0 spiro atoms. The van der Waals surface area contributed by atoms with Crippen LogP contribution in [0.3, 0.4) is 0 Å². The summed E-state index contributed by atoms with van der Waals surface area (Å²) in [6, 6.07) is 5.70. The Morgan fingerprint density at radius 1 is 1.50 bits per heavy atom. The van der Waals surface area contributed by atoms with Gasteiger partial charge in [0.2, 0.25) is 12.7 Å². The third kappa shape index (κ3) is 3.13. The molecule has 1 amide bonds. The molecule has 0 aromatic heterocycles. The molecule has 0 bridgehead atoms. The summed E-state index contributed by atoms with van der Waals surface area (Å²) in [5.41, 5.74) is 6.53. The highest BCUT2D eigenvalue weighted by Gasteiger charge is 2.17. The molecule has 3 N–H and O–H groups in total. The average molecular weight is 250 g/mol. The molecule has 0 fully saturated rings. The Bertz CT molecular complexity index is 432. The van der Waals surface area contributed by atoms with Gasteiger partial charge in [-0.25, -0.2) is 0 Å². The Morgan fingerprint density at radius 3 is 3.11 bits per heavy atom. The lowest BCUT2D eigenvalue weighted by Gasteiger charge is -2.08. The molecule has 18 heavy (non-hydrogen) atoms. The van der Waals surface area contributed by atoms with Crippen molar-refractivity contribution in [3.8, 4) is 11.5 Å². The number of benzene rings is 1. The first kappa shape index (κ1) is 12.7. The maximum atomic E-state index is 11.6. The molecular weight excluding hydrogens is 232 g/mol. The summed E-state index contributed by atoms with van der Waals surface area (Å²) in [5, 5.41) is 2.85. The second kappa shape index (κ2) is 5.73. The first-order valence-electron chi connectivity index (χ1n) is 6.06. The van der Waals surface area contributed by atoms with Gasteiger partial charge in [-0.05, 0) is 19.4 Å². The van der Waals surface area contributed by atoms with Crippen molar-refractivity contribution in [2.75, 3.05) is 6.79 Å². The molecule has 5 heteroatoms. The number of amides is 1. The second-order valence-corrected chi connectivity index (χ2v) is 4.44. The lowest BCUT2D eigenvalue weighted by atomic mass is 10.1. The van der Waals surface area contributed by atoms with Crippen LogP contribution >= 0.6 is 0 Å². The molecule has 2 rings (SSSR count). The fraction of sp³-hybridized carbons (Fsp3) is 0.462. The number of hydrogen-bond donors (Lipinski definition) is 2. The van der Waals surface area contributed by atoms with Crippen LogP contribution in [0.25, 0.3) is 0 Å². The first-order valence-corrected chi connectivity index (χ1v) is 6.06. The SMILES string of the molecule is CC(N)CCC(=O)NCc1cccc2c1OCO2. The average Bonchev–Trinajstić information content (AvgIpc) is 2.82. The van der Waals surface area contributed by atoms with Gasteiger partial charge in [-0.2, -0.15) is 0 Å². The number of carbonyl (C=O) groups excluding carboxylic acids is 1. The maximum absolute atomic E-state index is 11.6. The molecule has 1 aliphatic rings. The van der Waals surface area contributed by atoms with E-state index in [4.69, 9.17) is 15.2 Å². The lowest BCUT2D eigenvalue weighted by molar-refractivity contribution is -0.121. The van der Waals surface area contributed by atoms with Crippen LogP contribution in [0.4, 0.5) is 0 Å². The lowest BCUT2D eigenvalue weighted by Crippen LogP contribution is -2.25. The summed E-state index contributed by atoms with van der Waals surface area (Å²) in [6.45, 7) is 2.58. The Hall–Kier alpha value is -1.75. The Morgan fingerprint density at radius 2 is 2.33 bits per heavy atom. The van der Waals surface area contributed by atoms with E-state index >= 15 is 0 Å². The highest BCUT2D eigenvalue weighted by Crippen LogP contribution is 2.35. The van der Waals surface area contributed by atoms with Gasteiger partial charge in [-0.15, -0.1) is 0 Å². The molecule has 1 atom stereocenters. The minimum absolute atomic E-state index is 0.00354. The third-order valence-corrected chi connectivity index (χ3v) is 2.78. The Balaban J connectivity index is 1.87. The van der Waals surface area contributed by atoms with Crippen LogP contribution in [0, 0.1) is 0 Å². The molecular formula is C13H18N2O3. The Labute approximate surface area is 106 Å². The van der Waals surface area contributed by atoms with Crippen LogP contribution in [0.2, 0.25) is 0 Å². The Kier molecular flexibility index (Phi) is 4.04. The van der Waals surface area contributed by atoms with Crippen molar-refractivity contribution in [3.05, 3.63) is 23.8 Å². The molecule has 98 valence electrons. The molecule has 1 aromatic carbocycles. The first-order chi connectivity index (χ1) is 8.66. The number of nitrogens with one attached hydrogen (secondary N) is 1. The topological polar surface area (TPSA) is 73.6 Å². The third-order valence-electron chi connectivity index (χ3n) is 2.78. The van der Waals surface area contributed by atoms with E-state index in [0.29, 0.717) is 19.4 Å². The molecule has 1 heterocycles. The van der Waals surface area contributed by atoms with E-state index in [1.807, 2.05) is 25.1 Å². The summed E-state index contributed by atoms with van der Waals surface area (Å²) in [4.78, 5) is 11.6. The summed E-state index contributed by atoms with van der Waals surface area (Å²) < 4.78 is 10.6. The van der Waals surface area contributed by atoms with Crippen LogP contribution in [0.15, 0.2) is 18.2 Å². The molecule has 5 nitrogen and oxygen atoms in total. The standard InChI is InChI=1S/C13H18N2O3/c1-9(14)5-6-12(16)15-7-10-3-2-4-11-13(10)18-8-17-11/h2-4,9H,5-8,14H2,1H3,(H,15,16). The zero-order chi connectivity index (χ0) is 13.0. The molecule has 0 aliphatic carbocycles. The van der Waals surface area contributed by atoms with Gasteiger partial charge in [0, 0.05) is 24.6 Å². The van der Waals surface area contributed by atoms with Crippen molar-refractivity contribution in [2.45, 2.75) is 32.4 Å². The minimum atomic E-state index is 0.00354. The van der Waals surface area contributed by atoms with Crippen LogP contribution in [0.1, 0.15) is 25.3 Å². The fourth-order valence-electron chi connectivity index (χ4n) is 1.77. The van der Waals surface area contributed by atoms with E-state index in [-0.39, 0.29) is 18.7 Å². The quantitative estimate of drug-likeness (QED) is 0.822. The monoisotopic (exact) mass is 250 g/mol. The van der Waals surface area contributed by atoms with Gasteiger partial charge in [0.05, 0.1) is 0 Å². The summed E-state index contributed by atoms with van der Waals surface area (Å²) in [6.07, 6.45) is 1.14. The maximum Gasteiger partial charge on any atom is 0.231 e. The van der Waals surface area contributed by atoms with Crippen molar-refractivity contribution < 1.29 is 14.3 Å². The summed E-state index contributed by atoms with van der Waals surface area (Å²) in [5.74, 6) is 1.46. The molecule has 1 aliphatic heterocycles. The minimum Gasteiger partial charge on any atom is -0.454 e. The van der Waals surface area contributed by atoms with Gasteiger partial charge in [0.1, 0.15) is 0 Å². The van der Waals surface area contributed by atoms with Crippen molar-refractivity contribution in [1.82, 2.24) is 5.32 Å². The predicted molar refractivity (Wildman–Crippen MR) is 67.3 cm³/mol.